The number of hydrogen-bond acceptors (Lipinski definition) is 6. The van der Waals surface area contributed by atoms with E-state index in [1.807, 2.05) is 36.5 Å². The minimum atomic E-state index is -1.11. The first-order chi connectivity index (χ1) is 17.7. The van der Waals surface area contributed by atoms with Gasteiger partial charge in [-0.1, -0.05) is 57.8 Å². The molecule has 37 heavy (non-hydrogen) atoms. The molecular formula is C26H34N8O2Si. The summed E-state index contributed by atoms with van der Waals surface area (Å²) in [4.78, 5) is 23.7. The van der Waals surface area contributed by atoms with Gasteiger partial charge in [-0.15, -0.1) is 0 Å². The Hall–Kier alpha value is -3.57. The zero-order chi connectivity index (χ0) is 26.2. The number of benzene rings is 1. The van der Waals surface area contributed by atoms with Crippen molar-refractivity contribution in [1.82, 2.24) is 35.1 Å². The maximum Gasteiger partial charge on any atom is 0.323 e. The molecular weight excluding hydrogens is 484 g/mol. The molecule has 1 fully saturated rings. The molecule has 2 amide bonds. The number of nitrogens with zero attached hydrogens (tertiary/aromatic N) is 6. The van der Waals surface area contributed by atoms with Crippen molar-refractivity contribution in [3.63, 3.8) is 0 Å². The minimum absolute atomic E-state index is 0.0603. The lowest BCUT2D eigenvalue weighted by Crippen LogP contribution is -2.38. The van der Waals surface area contributed by atoms with Crippen molar-refractivity contribution in [1.29, 1.82) is 0 Å². The number of H-pyrrole nitrogens is 1. The molecule has 1 saturated heterocycles. The molecule has 0 aliphatic carbocycles. The van der Waals surface area contributed by atoms with Crippen molar-refractivity contribution in [3.8, 4) is 22.5 Å². The number of urea groups is 1. The third kappa shape index (κ3) is 5.42. The molecule has 0 unspecified atom stereocenters. The number of carbonyl (C=O) groups excluding carboxylic acids is 1. The molecule has 1 aromatic carbocycles. The first-order valence-electron chi connectivity index (χ1n) is 12.7. The Bertz CT molecular complexity index is 1390. The third-order valence-corrected chi connectivity index (χ3v) is 8.31. The van der Waals surface area contributed by atoms with Crippen LogP contribution in [0.3, 0.4) is 0 Å². The van der Waals surface area contributed by atoms with Gasteiger partial charge in [0.2, 0.25) is 0 Å². The predicted molar refractivity (Wildman–Crippen MR) is 146 cm³/mol. The molecule has 3 aromatic heterocycles. The van der Waals surface area contributed by atoms with E-state index >= 15 is 0 Å². The van der Waals surface area contributed by atoms with Crippen LogP contribution >= 0.6 is 0 Å². The highest BCUT2D eigenvalue weighted by Crippen LogP contribution is 2.29. The number of carbonyl (C=O) groups is 1. The SMILES string of the molecule is CC(C)[C@H]1CNC(=O)N1c1ccn2ncc(-c3ccc(-c4n[nH]c(COCC[Si](C)(C)C)n4)cc3)c2n1. The topological polar surface area (TPSA) is 113 Å². The standard InChI is InChI=1S/C26H34N8O2Si/c1-17(2)21-15-27-26(35)34(21)23-10-11-33-25(30-23)20(14-28-33)18-6-8-19(9-7-18)24-29-22(31-32-24)16-36-12-13-37(3,4)5/h6-11,14,17,21H,12-13,15-16H2,1-5H3,(H,27,35)(H,29,31,32)/t21-/m1/s1. The molecule has 4 heterocycles. The summed E-state index contributed by atoms with van der Waals surface area (Å²) in [6.45, 7) is 13.0. The van der Waals surface area contributed by atoms with E-state index in [4.69, 9.17) is 9.72 Å². The zero-order valence-corrected chi connectivity index (χ0v) is 23.0. The van der Waals surface area contributed by atoms with Gasteiger partial charge in [0.05, 0.1) is 12.2 Å². The fourth-order valence-corrected chi connectivity index (χ4v) is 5.12. The number of nitrogens with one attached hydrogen (secondary N) is 2. The second-order valence-corrected chi connectivity index (χ2v) is 16.6. The first kappa shape index (κ1) is 25.1. The van der Waals surface area contributed by atoms with E-state index in [1.54, 1.807) is 15.6 Å². The third-order valence-electron chi connectivity index (χ3n) is 6.60. The number of amides is 2. The van der Waals surface area contributed by atoms with Gasteiger partial charge in [0, 0.05) is 38.5 Å². The van der Waals surface area contributed by atoms with Gasteiger partial charge in [0.1, 0.15) is 12.4 Å². The molecule has 10 nitrogen and oxygen atoms in total. The summed E-state index contributed by atoms with van der Waals surface area (Å²) in [7, 11) is -1.11. The van der Waals surface area contributed by atoms with Crippen LogP contribution < -0.4 is 10.2 Å². The zero-order valence-electron chi connectivity index (χ0n) is 22.0. The molecule has 2 N–H and O–H groups in total. The van der Waals surface area contributed by atoms with Crippen molar-refractivity contribution in [2.45, 2.75) is 52.2 Å². The number of anilines is 1. The van der Waals surface area contributed by atoms with Crippen LogP contribution in [-0.2, 0) is 11.3 Å². The van der Waals surface area contributed by atoms with Gasteiger partial charge in [-0.2, -0.15) is 10.2 Å². The number of fused-ring (bicyclic) bond motifs is 1. The van der Waals surface area contributed by atoms with Crippen LogP contribution in [0.5, 0.6) is 0 Å². The van der Waals surface area contributed by atoms with Crippen molar-refractivity contribution in [2.75, 3.05) is 18.1 Å². The average Bonchev–Trinajstić information content (AvgIpc) is 3.59. The Balaban J connectivity index is 1.33. The second kappa shape index (κ2) is 10.1. The Kier molecular flexibility index (Phi) is 6.82. The summed E-state index contributed by atoms with van der Waals surface area (Å²) < 4.78 is 7.51. The predicted octanol–water partition coefficient (Wildman–Crippen LogP) is 4.59. The summed E-state index contributed by atoms with van der Waals surface area (Å²) in [6.07, 6.45) is 3.65. The lowest BCUT2D eigenvalue weighted by atomic mass is 10.0. The fraction of sp³-hybridized carbons (Fsp3) is 0.423. The summed E-state index contributed by atoms with van der Waals surface area (Å²) in [5.74, 6) is 2.29. The van der Waals surface area contributed by atoms with Gasteiger partial charge >= 0.3 is 6.03 Å². The minimum Gasteiger partial charge on any atom is -0.374 e. The highest BCUT2D eigenvalue weighted by molar-refractivity contribution is 6.76. The van der Waals surface area contributed by atoms with Crippen LogP contribution in [-0.4, -0.2) is 63.1 Å². The van der Waals surface area contributed by atoms with E-state index in [0.717, 1.165) is 35.2 Å². The smallest absolute Gasteiger partial charge is 0.323 e. The summed E-state index contributed by atoms with van der Waals surface area (Å²) in [5, 5.41) is 14.7. The molecule has 0 saturated carbocycles. The largest absolute Gasteiger partial charge is 0.374 e. The number of aromatic nitrogens is 6. The maximum absolute atomic E-state index is 12.5. The van der Waals surface area contributed by atoms with E-state index in [2.05, 4.69) is 59.1 Å². The maximum atomic E-state index is 12.5. The van der Waals surface area contributed by atoms with Crippen molar-refractivity contribution in [3.05, 3.63) is 48.5 Å². The van der Waals surface area contributed by atoms with Gasteiger partial charge in [-0.05, 0) is 23.6 Å². The first-order valence-corrected chi connectivity index (χ1v) is 16.4. The molecule has 1 aliphatic heterocycles. The molecule has 4 aromatic rings. The lowest BCUT2D eigenvalue weighted by molar-refractivity contribution is 0.127. The van der Waals surface area contributed by atoms with Crippen LogP contribution in [0.2, 0.25) is 25.7 Å². The van der Waals surface area contributed by atoms with E-state index in [9.17, 15) is 4.79 Å². The lowest BCUT2D eigenvalue weighted by Gasteiger charge is -2.25. The molecule has 11 heteroatoms. The Morgan fingerprint density at radius 1 is 1.11 bits per heavy atom. The highest BCUT2D eigenvalue weighted by Gasteiger charge is 2.35. The summed E-state index contributed by atoms with van der Waals surface area (Å²) in [6, 6.07) is 10.9. The average molecular weight is 519 g/mol. The van der Waals surface area contributed by atoms with Gasteiger partial charge in [-0.3, -0.25) is 10.00 Å². The molecule has 1 atom stereocenters. The van der Waals surface area contributed by atoms with Crippen molar-refractivity contribution < 1.29 is 9.53 Å². The van der Waals surface area contributed by atoms with E-state index in [0.29, 0.717) is 36.4 Å². The van der Waals surface area contributed by atoms with Crippen LogP contribution in [0.4, 0.5) is 10.6 Å². The molecule has 1 aliphatic rings. The van der Waals surface area contributed by atoms with Crippen LogP contribution in [0.25, 0.3) is 28.2 Å². The Morgan fingerprint density at radius 3 is 2.59 bits per heavy atom. The van der Waals surface area contributed by atoms with Crippen molar-refractivity contribution in [2.24, 2.45) is 5.92 Å². The quantitative estimate of drug-likeness (QED) is 0.247. The number of rotatable bonds is 9. The van der Waals surface area contributed by atoms with E-state index < -0.39 is 8.07 Å². The van der Waals surface area contributed by atoms with Gasteiger partial charge < -0.3 is 10.1 Å². The normalized spacial score (nSPS) is 16.2. The van der Waals surface area contributed by atoms with Gasteiger partial charge in [0.15, 0.2) is 17.3 Å². The van der Waals surface area contributed by atoms with Gasteiger partial charge in [-0.25, -0.2) is 19.3 Å². The van der Waals surface area contributed by atoms with Crippen LogP contribution in [0, 0.1) is 5.92 Å². The van der Waals surface area contributed by atoms with Crippen LogP contribution in [0.1, 0.15) is 19.7 Å². The molecule has 0 radical (unpaired) electrons. The Labute approximate surface area is 217 Å². The van der Waals surface area contributed by atoms with Gasteiger partial charge in [0.25, 0.3) is 0 Å². The summed E-state index contributed by atoms with van der Waals surface area (Å²) in [5.41, 5.74) is 3.47. The van der Waals surface area contributed by atoms with E-state index in [1.165, 1.54) is 0 Å². The monoisotopic (exact) mass is 518 g/mol. The van der Waals surface area contributed by atoms with Crippen LogP contribution in [0.15, 0.2) is 42.7 Å². The second-order valence-electron chi connectivity index (χ2n) is 11.0. The highest BCUT2D eigenvalue weighted by atomic mass is 28.3. The van der Waals surface area contributed by atoms with Crippen molar-refractivity contribution >= 4 is 25.6 Å². The fourth-order valence-electron chi connectivity index (χ4n) is 4.36. The summed E-state index contributed by atoms with van der Waals surface area (Å²) >= 11 is 0. The van der Waals surface area contributed by atoms with E-state index in [-0.39, 0.29) is 12.1 Å². The molecule has 194 valence electrons. The Morgan fingerprint density at radius 2 is 1.86 bits per heavy atom. The molecule has 0 bridgehead atoms. The molecule has 5 rings (SSSR count). The number of aromatic amines is 1. The number of ether oxygens (including phenoxy) is 1. The molecule has 0 spiro atoms. The number of hydrogen-bond donors (Lipinski definition) is 2.